The van der Waals surface area contributed by atoms with Gasteiger partial charge in [0.15, 0.2) is 0 Å². The van der Waals surface area contributed by atoms with E-state index in [0.717, 1.165) is 0 Å². The molecule has 0 N–H and O–H groups in total. The van der Waals surface area contributed by atoms with Gasteiger partial charge in [0.05, 0.1) is 23.8 Å². The van der Waals surface area contributed by atoms with Crippen molar-refractivity contribution >= 4 is 27.5 Å². The fraction of sp³-hybridized carbons (Fsp3) is 0.174. The predicted octanol–water partition coefficient (Wildman–Crippen LogP) is 4.92. The maximum atomic E-state index is 13.0. The first-order valence-electron chi connectivity index (χ1n) is 9.68. The lowest BCUT2D eigenvalue weighted by molar-refractivity contribution is -0.483. The number of hydrogen-bond acceptors (Lipinski definition) is 5. The number of benzene rings is 3. The van der Waals surface area contributed by atoms with Crippen LogP contribution in [0.3, 0.4) is 0 Å². The molecule has 0 amide bonds. The fourth-order valence-electron chi connectivity index (χ4n) is 3.47. The first-order chi connectivity index (χ1) is 15.3. The molecule has 0 aliphatic heterocycles. The molecule has 0 aliphatic carbocycles. The van der Waals surface area contributed by atoms with Gasteiger partial charge in [-0.15, -0.1) is 4.40 Å². The Morgan fingerprint density at radius 1 is 0.969 bits per heavy atom. The zero-order chi connectivity index (χ0) is 23.1. The number of rotatable bonds is 8. The highest BCUT2D eigenvalue weighted by molar-refractivity contribution is 7.90. The number of hydrogen-bond donors (Lipinski definition) is 0. The summed E-state index contributed by atoms with van der Waals surface area (Å²) in [6, 6.07) is 23.4. The molecule has 0 unspecified atom stereocenters. The second-order valence-corrected chi connectivity index (χ2v) is 9.02. The van der Waals surface area contributed by atoms with Crippen molar-refractivity contribution in [1.29, 1.82) is 0 Å². The van der Waals surface area contributed by atoms with Gasteiger partial charge in [0.25, 0.3) is 10.0 Å². The Kier molecular flexibility index (Phi) is 7.61. The van der Waals surface area contributed by atoms with Gasteiger partial charge in [-0.25, -0.2) is 0 Å². The van der Waals surface area contributed by atoms with Gasteiger partial charge >= 0.3 is 0 Å². The average Bonchev–Trinajstić information content (AvgIpc) is 2.79. The number of nitrogens with zero attached hydrogens (tertiary/aromatic N) is 2. The van der Waals surface area contributed by atoms with E-state index in [2.05, 4.69) is 4.40 Å². The number of methoxy groups -OCH3 is 1. The Bertz CT molecular complexity index is 1180. The Labute approximate surface area is 191 Å². The van der Waals surface area contributed by atoms with E-state index in [9.17, 15) is 18.5 Å². The van der Waals surface area contributed by atoms with Crippen molar-refractivity contribution < 1.29 is 18.1 Å². The highest BCUT2D eigenvalue weighted by Crippen LogP contribution is 2.35. The van der Waals surface area contributed by atoms with Crippen molar-refractivity contribution in [2.24, 2.45) is 4.40 Å². The van der Waals surface area contributed by atoms with E-state index >= 15 is 0 Å². The smallest absolute Gasteiger partial charge is 0.285 e. The summed E-state index contributed by atoms with van der Waals surface area (Å²) in [6.45, 7) is -0.438. The lowest BCUT2D eigenvalue weighted by Crippen LogP contribution is -2.28. The van der Waals surface area contributed by atoms with Crippen LogP contribution in [0.15, 0.2) is 94.2 Å². The quantitative estimate of drug-likeness (QED) is 0.200. The molecule has 2 atom stereocenters. The van der Waals surface area contributed by atoms with Crippen LogP contribution >= 0.6 is 11.6 Å². The molecule has 166 valence electrons. The van der Waals surface area contributed by atoms with Crippen LogP contribution in [0.25, 0.3) is 0 Å². The highest BCUT2D eigenvalue weighted by atomic mass is 35.5. The van der Waals surface area contributed by atoms with Crippen molar-refractivity contribution in [2.45, 2.75) is 16.7 Å². The Morgan fingerprint density at radius 2 is 1.50 bits per heavy atom. The minimum Gasteiger partial charge on any atom is -0.483 e. The number of nitro groups is 1. The van der Waals surface area contributed by atoms with Gasteiger partial charge < -0.3 is 4.74 Å². The van der Waals surface area contributed by atoms with Crippen LogP contribution in [0.1, 0.15) is 23.0 Å². The van der Waals surface area contributed by atoms with Gasteiger partial charge in [0.2, 0.25) is 12.4 Å². The summed E-state index contributed by atoms with van der Waals surface area (Å²) in [7, 11) is -2.85. The summed E-state index contributed by atoms with van der Waals surface area (Å²) in [4.78, 5) is 11.1. The van der Waals surface area contributed by atoms with Crippen LogP contribution in [-0.4, -0.2) is 32.9 Å². The second-order valence-electron chi connectivity index (χ2n) is 6.98. The third-order valence-corrected chi connectivity index (χ3v) is 6.47. The largest absolute Gasteiger partial charge is 0.483 e. The summed E-state index contributed by atoms with van der Waals surface area (Å²) in [6.07, 6.45) is 0. The van der Waals surface area contributed by atoms with Crippen molar-refractivity contribution in [3.05, 3.63) is 111 Å². The van der Waals surface area contributed by atoms with Crippen LogP contribution < -0.4 is 0 Å². The summed E-state index contributed by atoms with van der Waals surface area (Å²) < 4.78 is 35.4. The second kappa shape index (κ2) is 10.4. The predicted molar refractivity (Wildman–Crippen MR) is 123 cm³/mol. The van der Waals surface area contributed by atoms with E-state index in [0.29, 0.717) is 16.1 Å². The van der Waals surface area contributed by atoms with Crippen molar-refractivity contribution in [2.75, 3.05) is 13.7 Å². The molecule has 0 saturated carbocycles. The lowest BCUT2D eigenvalue weighted by atomic mass is 9.81. The monoisotopic (exact) mass is 472 g/mol. The Balaban J connectivity index is 2.18. The molecule has 0 aliphatic rings. The van der Waals surface area contributed by atoms with Crippen LogP contribution in [0, 0.1) is 10.1 Å². The van der Waals surface area contributed by atoms with Crippen molar-refractivity contribution in [3.8, 4) is 0 Å². The van der Waals surface area contributed by atoms with Gasteiger partial charge in [0, 0.05) is 9.95 Å². The first kappa shape index (κ1) is 23.4. The summed E-state index contributed by atoms with van der Waals surface area (Å²) >= 11 is 5.86. The van der Waals surface area contributed by atoms with Gasteiger partial charge in [0.1, 0.15) is 0 Å². The molecule has 0 heterocycles. The fourth-order valence-corrected chi connectivity index (χ4v) is 4.61. The van der Waals surface area contributed by atoms with Crippen molar-refractivity contribution in [1.82, 2.24) is 0 Å². The normalized spacial score (nSPS) is 13.9. The topological polar surface area (TPSA) is 98.9 Å². The van der Waals surface area contributed by atoms with Gasteiger partial charge in [-0.3, -0.25) is 10.1 Å². The molecule has 0 aromatic heterocycles. The summed E-state index contributed by atoms with van der Waals surface area (Å²) in [5.41, 5.74) is 1.32. The first-order valence-corrected chi connectivity index (χ1v) is 11.5. The van der Waals surface area contributed by atoms with Crippen LogP contribution in [0.4, 0.5) is 0 Å². The van der Waals surface area contributed by atoms with E-state index in [1.54, 1.807) is 60.7 Å². The summed E-state index contributed by atoms with van der Waals surface area (Å²) in [5.74, 6) is -1.66. The molecule has 0 saturated heterocycles. The molecule has 3 aromatic carbocycles. The molecule has 0 bridgehead atoms. The summed E-state index contributed by atoms with van der Waals surface area (Å²) in [5, 5.41) is 11.9. The van der Waals surface area contributed by atoms with Crippen LogP contribution in [0.5, 0.6) is 0 Å². The van der Waals surface area contributed by atoms with Crippen molar-refractivity contribution in [3.63, 3.8) is 0 Å². The molecule has 0 fully saturated rings. The van der Waals surface area contributed by atoms with Gasteiger partial charge in [-0.05, 0) is 35.4 Å². The average molecular weight is 473 g/mol. The van der Waals surface area contributed by atoms with Gasteiger partial charge in [-0.1, -0.05) is 72.3 Å². The minimum atomic E-state index is -4.15. The van der Waals surface area contributed by atoms with Crippen LogP contribution in [0.2, 0.25) is 5.02 Å². The molecule has 0 radical (unpaired) electrons. The maximum absolute atomic E-state index is 13.0. The number of halogens is 1. The standard InChI is InChI=1S/C23H21ClN2O5S/c1-31-23(25-32(29,30)20-14-12-19(24)13-15-20)22(18-10-6-3-7-11-18)21(16-26(27)28)17-8-4-2-5-9-17/h2-15,21-22H,16H2,1H3/b25-23-/t21-,22+/m0/s1. The van der Waals surface area contributed by atoms with E-state index in [4.69, 9.17) is 16.3 Å². The number of sulfonamides is 1. The number of ether oxygens (including phenoxy) is 1. The SMILES string of the molecule is CO/C(=N\S(=O)(=O)c1ccc(Cl)cc1)[C@H](c1ccccc1)[C@@H](C[N+](=O)[O-])c1ccccc1. The molecular weight excluding hydrogens is 452 g/mol. The zero-order valence-corrected chi connectivity index (χ0v) is 18.7. The third-order valence-electron chi connectivity index (χ3n) is 4.93. The molecule has 0 spiro atoms. The van der Waals surface area contributed by atoms with Gasteiger partial charge in [-0.2, -0.15) is 8.42 Å². The molecule has 3 aromatic rings. The Morgan fingerprint density at radius 3 is 2.00 bits per heavy atom. The molecule has 7 nitrogen and oxygen atoms in total. The molecular formula is C23H21ClN2O5S. The molecule has 9 heteroatoms. The maximum Gasteiger partial charge on any atom is 0.285 e. The van der Waals surface area contributed by atoms with Crippen LogP contribution in [-0.2, 0) is 14.8 Å². The van der Waals surface area contributed by atoms with E-state index in [-0.39, 0.29) is 10.8 Å². The van der Waals surface area contributed by atoms with E-state index in [1.807, 2.05) is 0 Å². The Hall–Kier alpha value is -3.23. The minimum absolute atomic E-state index is 0.0613. The molecule has 32 heavy (non-hydrogen) atoms. The lowest BCUT2D eigenvalue weighted by Gasteiger charge is -2.25. The third kappa shape index (κ3) is 5.72. The highest BCUT2D eigenvalue weighted by Gasteiger charge is 2.35. The zero-order valence-electron chi connectivity index (χ0n) is 17.2. The van der Waals surface area contributed by atoms with E-state index in [1.165, 1.54) is 31.4 Å². The van der Waals surface area contributed by atoms with E-state index < -0.39 is 33.3 Å². The molecule has 3 rings (SSSR count).